The van der Waals surface area contributed by atoms with E-state index in [9.17, 15) is 4.79 Å². The van der Waals surface area contributed by atoms with Gasteiger partial charge in [0.25, 0.3) is 0 Å². The maximum absolute atomic E-state index is 11.6. The number of nitrogens with zero attached hydrogens (tertiary/aromatic N) is 2. The molecule has 0 bridgehead atoms. The summed E-state index contributed by atoms with van der Waals surface area (Å²) < 4.78 is 0. The van der Waals surface area contributed by atoms with E-state index in [2.05, 4.69) is 74.0 Å². The average molecular weight is 351 g/mol. The van der Waals surface area contributed by atoms with Gasteiger partial charge in [0.2, 0.25) is 0 Å². The summed E-state index contributed by atoms with van der Waals surface area (Å²) in [5.74, 6) is 2.17. The monoisotopic (exact) mass is 350 g/mol. The molecule has 0 saturated heterocycles. The Hall–Kier alpha value is -2.19. The summed E-state index contributed by atoms with van der Waals surface area (Å²) in [5, 5.41) is 0. The zero-order valence-electron chi connectivity index (χ0n) is 16.5. The SMILES string of the molecule is CCN(CC)Cc1ccc(C(=C=O)Cc2ccccc2CN(C)C)cc1. The largest absolute Gasteiger partial charge is 0.305 e. The van der Waals surface area contributed by atoms with Gasteiger partial charge in [-0.25, -0.2) is 4.79 Å². The van der Waals surface area contributed by atoms with Crippen LogP contribution in [0.4, 0.5) is 0 Å². The van der Waals surface area contributed by atoms with E-state index in [1.807, 2.05) is 18.2 Å². The fourth-order valence-electron chi connectivity index (χ4n) is 3.13. The summed E-state index contributed by atoms with van der Waals surface area (Å²) in [6.07, 6.45) is 0.614. The van der Waals surface area contributed by atoms with Gasteiger partial charge in [0.05, 0.1) is 0 Å². The molecule has 0 radical (unpaired) electrons. The summed E-state index contributed by atoms with van der Waals surface area (Å²) in [6.45, 7) is 8.25. The van der Waals surface area contributed by atoms with E-state index in [1.54, 1.807) is 0 Å². The zero-order valence-corrected chi connectivity index (χ0v) is 16.5. The summed E-state index contributed by atoms with van der Waals surface area (Å²) in [5.41, 5.74) is 5.39. The molecule has 138 valence electrons. The molecule has 0 N–H and O–H groups in total. The molecular formula is C23H30N2O. The minimum absolute atomic E-state index is 0.614. The predicted molar refractivity (Wildman–Crippen MR) is 110 cm³/mol. The van der Waals surface area contributed by atoms with Crippen molar-refractivity contribution in [2.45, 2.75) is 33.4 Å². The molecule has 0 aliphatic carbocycles. The van der Waals surface area contributed by atoms with Crippen molar-refractivity contribution in [1.82, 2.24) is 9.80 Å². The predicted octanol–water partition coefficient (Wildman–Crippen LogP) is 4.05. The van der Waals surface area contributed by atoms with Crippen molar-refractivity contribution in [3.8, 4) is 0 Å². The Kier molecular flexibility index (Phi) is 7.80. The Labute approximate surface area is 157 Å². The van der Waals surface area contributed by atoms with Gasteiger partial charge in [0.15, 0.2) is 0 Å². The highest BCUT2D eigenvalue weighted by Crippen LogP contribution is 2.21. The summed E-state index contributed by atoms with van der Waals surface area (Å²) in [7, 11) is 4.11. The highest BCUT2D eigenvalue weighted by Gasteiger charge is 2.10. The van der Waals surface area contributed by atoms with Crippen molar-refractivity contribution in [1.29, 1.82) is 0 Å². The molecule has 0 aromatic heterocycles. The molecule has 0 atom stereocenters. The zero-order chi connectivity index (χ0) is 18.9. The van der Waals surface area contributed by atoms with Crippen molar-refractivity contribution in [3.05, 3.63) is 70.8 Å². The van der Waals surface area contributed by atoms with E-state index < -0.39 is 0 Å². The van der Waals surface area contributed by atoms with E-state index in [0.717, 1.165) is 31.7 Å². The molecule has 3 nitrogen and oxygen atoms in total. The van der Waals surface area contributed by atoms with E-state index in [4.69, 9.17) is 0 Å². The van der Waals surface area contributed by atoms with Crippen LogP contribution in [0.2, 0.25) is 0 Å². The number of carbonyl (C=O) groups excluding carboxylic acids is 1. The molecule has 0 fully saturated rings. The summed E-state index contributed by atoms with van der Waals surface area (Å²) in [4.78, 5) is 16.1. The third-order valence-electron chi connectivity index (χ3n) is 4.70. The molecule has 0 heterocycles. The molecule has 2 aromatic rings. The van der Waals surface area contributed by atoms with Gasteiger partial charge in [-0.3, -0.25) is 4.90 Å². The Morgan fingerprint density at radius 1 is 0.885 bits per heavy atom. The maximum Gasteiger partial charge on any atom is 0.128 e. The number of hydrogen-bond donors (Lipinski definition) is 0. The number of rotatable bonds is 9. The van der Waals surface area contributed by atoms with Crippen LogP contribution in [0.1, 0.15) is 36.1 Å². The molecule has 0 saturated carbocycles. The van der Waals surface area contributed by atoms with Gasteiger partial charge in [0, 0.05) is 25.1 Å². The van der Waals surface area contributed by atoms with Gasteiger partial charge in [-0.15, -0.1) is 0 Å². The fourth-order valence-corrected chi connectivity index (χ4v) is 3.13. The molecule has 0 aliphatic rings. The molecule has 3 heteroatoms. The summed E-state index contributed by atoms with van der Waals surface area (Å²) >= 11 is 0. The van der Waals surface area contributed by atoms with E-state index in [0.29, 0.717) is 12.0 Å². The molecule has 2 aromatic carbocycles. The topological polar surface area (TPSA) is 23.6 Å². The molecule has 26 heavy (non-hydrogen) atoms. The number of benzene rings is 2. The fraction of sp³-hybridized carbons (Fsp3) is 0.391. The first-order chi connectivity index (χ1) is 12.6. The third kappa shape index (κ3) is 5.67. The normalized spacial score (nSPS) is 11.0. The maximum atomic E-state index is 11.6. The summed E-state index contributed by atoms with van der Waals surface area (Å²) in [6, 6.07) is 16.7. The van der Waals surface area contributed by atoms with Crippen LogP contribution in [0.3, 0.4) is 0 Å². The van der Waals surface area contributed by atoms with Crippen LogP contribution in [-0.2, 0) is 24.3 Å². The number of hydrogen-bond acceptors (Lipinski definition) is 3. The first-order valence-electron chi connectivity index (χ1n) is 9.34. The Bertz CT molecular complexity index is 739. The van der Waals surface area contributed by atoms with Gasteiger partial charge in [-0.05, 0) is 49.4 Å². The van der Waals surface area contributed by atoms with Crippen LogP contribution < -0.4 is 0 Å². The highest BCUT2D eigenvalue weighted by molar-refractivity contribution is 5.88. The third-order valence-corrected chi connectivity index (χ3v) is 4.70. The van der Waals surface area contributed by atoms with Gasteiger partial charge < -0.3 is 4.90 Å². The minimum atomic E-state index is 0.614. The Morgan fingerprint density at radius 2 is 1.50 bits per heavy atom. The molecule has 0 unspecified atom stereocenters. The Morgan fingerprint density at radius 3 is 2.04 bits per heavy atom. The lowest BCUT2D eigenvalue weighted by Gasteiger charge is -2.18. The molecule has 0 spiro atoms. The van der Waals surface area contributed by atoms with Crippen molar-refractivity contribution in [2.75, 3.05) is 27.2 Å². The van der Waals surface area contributed by atoms with Crippen LogP contribution in [0.25, 0.3) is 5.57 Å². The van der Waals surface area contributed by atoms with Gasteiger partial charge in [-0.1, -0.05) is 62.4 Å². The van der Waals surface area contributed by atoms with E-state index in [1.165, 1.54) is 16.7 Å². The lowest BCUT2D eigenvalue weighted by atomic mass is 9.95. The first kappa shape index (κ1) is 20.1. The van der Waals surface area contributed by atoms with Crippen LogP contribution in [-0.4, -0.2) is 42.9 Å². The van der Waals surface area contributed by atoms with Crippen LogP contribution in [0, 0.1) is 0 Å². The molecule has 0 amide bonds. The lowest BCUT2D eigenvalue weighted by Crippen LogP contribution is -2.22. The van der Waals surface area contributed by atoms with Crippen molar-refractivity contribution >= 4 is 11.5 Å². The van der Waals surface area contributed by atoms with Gasteiger partial charge in [-0.2, -0.15) is 0 Å². The van der Waals surface area contributed by atoms with Crippen molar-refractivity contribution < 1.29 is 4.79 Å². The standard InChI is InChI=1S/C23H30N2O/c1-5-25(6-2)16-19-11-13-20(14-12-19)23(18-26)15-21-9-7-8-10-22(21)17-24(3)4/h7-14H,5-6,15-17H2,1-4H3. The van der Waals surface area contributed by atoms with Crippen LogP contribution in [0.15, 0.2) is 48.5 Å². The second kappa shape index (κ2) is 10.1. The molecule has 2 rings (SSSR count). The molecular weight excluding hydrogens is 320 g/mol. The van der Waals surface area contributed by atoms with Crippen molar-refractivity contribution in [3.63, 3.8) is 0 Å². The smallest absolute Gasteiger partial charge is 0.128 e. The minimum Gasteiger partial charge on any atom is -0.305 e. The highest BCUT2D eigenvalue weighted by atomic mass is 16.1. The second-order valence-corrected chi connectivity index (χ2v) is 6.92. The van der Waals surface area contributed by atoms with Gasteiger partial charge in [0.1, 0.15) is 5.94 Å². The van der Waals surface area contributed by atoms with Crippen LogP contribution in [0.5, 0.6) is 0 Å². The Balaban J connectivity index is 2.16. The van der Waals surface area contributed by atoms with Gasteiger partial charge >= 0.3 is 0 Å². The first-order valence-corrected chi connectivity index (χ1v) is 9.34. The second-order valence-electron chi connectivity index (χ2n) is 6.92. The van der Waals surface area contributed by atoms with E-state index >= 15 is 0 Å². The lowest BCUT2D eigenvalue weighted by molar-refractivity contribution is 0.296. The average Bonchev–Trinajstić information content (AvgIpc) is 2.65. The van der Waals surface area contributed by atoms with E-state index in [-0.39, 0.29) is 0 Å². The molecule has 0 aliphatic heterocycles. The quantitative estimate of drug-likeness (QED) is 0.638. The number of allylic oxidation sites excluding steroid dienone is 1. The van der Waals surface area contributed by atoms with Crippen molar-refractivity contribution in [2.24, 2.45) is 0 Å². The van der Waals surface area contributed by atoms with Crippen LogP contribution >= 0.6 is 0 Å².